The van der Waals surface area contributed by atoms with Crippen molar-refractivity contribution >= 4 is 27.5 Å². The van der Waals surface area contributed by atoms with Crippen LogP contribution in [0.5, 0.6) is 11.8 Å². The quantitative estimate of drug-likeness (QED) is 0.200. The molecule has 1 saturated carbocycles. The molecule has 7 nitrogen and oxygen atoms in total. The molecule has 0 atom stereocenters. The van der Waals surface area contributed by atoms with Gasteiger partial charge < -0.3 is 14.8 Å². The fraction of sp³-hybridized carbons (Fsp3) is 0.459. The third kappa shape index (κ3) is 4.73. The fourth-order valence-corrected chi connectivity index (χ4v) is 8.46. The molecular formula is C37H38F3N5O2. The minimum absolute atomic E-state index is 0.0199. The zero-order valence-corrected chi connectivity index (χ0v) is 26.6. The average molecular weight is 642 g/mol. The van der Waals surface area contributed by atoms with Crippen molar-refractivity contribution in [3.63, 3.8) is 0 Å². The summed E-state index contributed by atoms with van der Waals surface area (Å²) in [6.45, 7) is 5.11. The summed E-state index contributed by atoms with van der Waals surface area (Å²) in [5.74, 6) is -0.0723. The van der Waals surface area contributed by atoms with Crippen molar-refractivity contribution in [1.82, 2.24) is 19.8 Å². The fourth-order valence-electron chi connectivity index (χ4n) is 8.46. The van der Waals surface area contributed by atoms with E-state index in [2.05, 4.69) is 26.0 Å². The van der Waals surface area contributed by atoms with Crippen molar-refractivity contribution in [3.8, 4) is 35.2 Å². The summed E-state index contributed by atoms with van der Waals surface area (Å²) >= 11 is 0. The number of methoxy groups -OCH3 is 1. The Balaban J connectivity index is 1.29. The van der Waals surface area contributed by atoms with E-state index in [0.29, 0.717) is 18.5 Å². The van der Waals surface area contributed by atoms with Gasteiger partial charge in [0.2, 0.25) is 0 Å². The van der Waals surface area contributed by atoms with Gasteiger partial charge in [0.25, 0.3) is 0 Å². The Morgan fingerprint density at radius 3 is 2.26 bits per heavy atom. The van der Waals surface area contributed by atoms with Crippen LogP contribution >= 0.6 is 0 Å². The molecule has 4 aromatic rings. The minimum atomic E-state index is -0.940. The van der Waals surface area contributed by atoms with Gasteiger partial charge in [0.1, 0.15) is 23.8 Å². The average Bonchev–Trinajstić information content (AvgIpc) is 3.61. The van der Waals surface area contributed by atoms with Crippen LogP contribution in [0.1, 0.15) is 56.9 Å². The molecule has 1 aromatic heterocycles. The lowest BCUT2D eigenvalue weighted by Crippen LogP contribution is -2.62. The lowest BCUT2D eigenvalue weighted by atomic mass is 9.73. The van der Waals surface area contributed by atoms with Crippen LogP contribution < -0.4 is 14.8 Å². The number of nitrogens with one attached hydrogen (secondary N) is 1. The van der Waals surface area contributed by atoms with E-state index in [1.54, 1.807) is 18.2 Å². The number of anilines is 1. The molecule has 3 aromatic carbocycles. The standard InChI is InChI=1S/C37H38F3N5O2/c1-3-24-26(38)12-11-23-9-4-10-25(27(23)24)28-30(39)32-29(33(46-2)31(28)40)34(41-21-36(13-5-14-36)44-19-8-20-44)43-35(42-32)47-22-37-15-6-17-45(37)18-7-16-37/h1,4,9-12H,5-8,13-22H2,2H3,(H,41,42,43). The number of aromatic nitrogens is 2. The van der Waals surface area contributed by atoms with E-state index < -0.39 is 23.0 Å². The van der Waals surface area contributed by atoms with Crippen molar-refractivity contribution in [2.75, 3.05) is 51.8 Å². The maximum atomic E-state index is 17.0. The zero-order valence-electron chi connectivity index (χ0n) is 26.6. The molecular weight excluding hydrogens is 603 g/mol. The summed E-state index contributed by atoms with van der Waals surface area (Å²) in [5, 5.41) is 4.35. The minimum Gasteiger partial charge on any atom is -0.493 e. The van der Waals surface area contributed by atoms with E-state index >= 15 is 8.78 Å². The summed E-state index contributed by atoms with van der Waals surface area (Å²) in [5.41, 5.74) is -0.600. The number of ether oxygens (including phenoxy) is 2. The third-order valence-electron chi connectivity index (χ3n) is 11.3. The van der Waals surface area contributed by atoms with Gasteiger partial charge in [0.05, 0.1) is 29.2 Å². The smallest absolute Gasteiger partial charge is 0.319 e. The number of terminal acetylenes is 1. The first kappa shape index (κ1) is 30.3. The van der Waals surface area contributed by atoms with Gasteiger partial charge >= 0.3 is 6.01 Å². The predicted molar refractivity (Wildman–Crippen MR) is 176 cm³/mol. The Hall–Kier alpha value is -4.07. The summed E-state index contributed by atoms with van der Waals surface area (Å²) in [7, 11) is 1.34. The van der Waals surface area contributed by atoms with Gasteiger partial charge in [0.15, 0.2) is 17.4 Å². The molecule has 8 rings (SSSR count). The number of nitrogens with zero attached hydrogens (tertiary/aromatic N) is 4. The van der Waals surface area contributed by atoms with Crippen molar-refractivity contribution in [1.29, 1.82) is 0 Å². The van der Waals surface area contributed by atoms with Crippen molar-refractivity contribution in [2.45, 2.75) is 62.4 Å². The number of fused-ring (bicyclic) bond motifs is 3. The van der Waals surface area contributed by atoms with Gasteiger partial charge in [-0.25, -0.2) is 13.2 Å². The van der Waals surface area contributed by atoms with E-state index in [4.69, 9.17) is 20.9 Å². The second-order valence-electron chi connectivity index (χ2n) is 13.6. The lowest BCUT2D eigenvalue weighted by Gasteiger charge is -2.54. The second kappa shape index (κ2) is 11.6. The van der Waals surface area contributed by atoms with E-state index in [0.717, 1.165) is 71.1 Å². The molecule has 47 heavy (non-hydrogen) atoms. The van der Waals surface area contributed by atoms with Gasteiger partial charge in [-0.15, -0.1) is 6.42 Å². The second-order valence-corrected chi connectivity index (χ2v) is 13.6. The highest BCUT2D eigenvalue weighted by molar-refractivity contribution is 6.05. The summed E-state index contributed by atoms with van der Waals surface area (Å²) in [4.78, 5) is 14.3. The SMILES string of the molecule is C#Cc1c(F)ccc2cccc(-c3c(F)c(OC)c4c(NCC5(N6CCC6)CCC5)nc(OCC56CCCN5CCC6)nc4c3F)c12. The van der Waals surface area contributed by atoms with Crippen LogP contribution in [0.15, 0.2) is 30.3 Å². The summed E-state index contributed by atoms with van der Waals surface area (Å²) in [6, 6.07) is 7.75. The van der Waals surface area contributed by atoms with Crippen LogP contribution in [0.3, 0.4) is 0 Å². The van der Waals surface area contributed by atoms with E-state index in [9.17, 15) is 4.39 Å². The highest BCUT2D eigenvalue weighted by Gasteiger charge is 2.46. The topological polar surface area (TPSA) is 62.8 Å². The molecule has 10 heteroatoms. The van der Waals surface area contributed by atoms with Crippen LogP contribution in [0.25, 0.3) is 32.8 Å². The van der Waals surface area contributed by atoms with Crippen LogP contribution in [0, 0.1) is 29.8 Å². The molecule has 3 saturated heterocycles. The van der Waals surface area contributed by atoms with Crippen molar-refractivity contribution in [3.05, 3.63) is 53.3 Å². The molecule has 244 valence electrons. The molecule has 4 aliphatic rings. The van der Waals surface area contributed by atoms with E-state index in [1.165, 1.54) is 25.7 Å². The maximum absolute atomic E-state index is 17.0. The number of benzene rings is 3. The maximum Gasteiger partial charge on any atom is 0.319 e. The number of hydrogen-bond acceptors (Lipinski definition) is 7. The van der Waals surface area contributed by atoms with Gasteiger partial charge in [-0.2, -0.15) is 9.97 Å². The normalized spacial score (nSPS) is 20.1. The van der Waals surface area contributed by atoms with E-state index in [1.807, 2.05) is 0 Å². The molecule has 4 fully saturated rings. The highest BCUT2D eigenvalue weighted by atomic mass is 19.1. The molecule has 1 N–H and O–H groups in total. The molecule has 0 amide bonds. The van der Waals surface area contributed by atoms with Gasteiger partial charge in [-0.1, -0.05) is 30.2 Å². The Morgan fingerprint density at radius 2 is 1.60 bits per heavy atom. The van der Waals surface area contributed by atoms with Crippen LogP contribution in [-0.2, 0) is 0 Å². The number of likely N-dealkylation sites (tertiary alicyclic amines) is 1. The zero-order chi connectivity index (χ0) is 32.3. The summed E-state index contributed by atoms with van der Waals surface area (Å²) < 4.78 is 60.6. The largest absolute Gasteiger partial charge is 0.493 e. The number of halogens is 3. The monoisotopic (exact) mass is 641 g/mol. The Kier molecular flexibility index (Phi) is 7.45. The molecule has 0 bridgehead atoms. The third-order valence-corrected chi connectivity index (χ3v) is 11.3. The molecule has 1 aliphatic carbocycles. The van der Waals surface area contributed by atoms with Crippen LogP contribution in [-0.4, -0.2) is 77.3 Å². The Morgan fingerprint density at radius 1 is 0.872 bits per heavy atom. The first-order valence-electron chi connectivity index (χ1n) is 16.7. The molecule has 0 unspecified atom stereocenters. The van der Waals surface area contributed by atoms with Gasteiger partial charge in [-0.05, 0) is 94.6 Å². The highest BCUT2D eigenvalue weighted by Crippen LogP contribution is 2.46. The molecule has 0 spiro atoms. The van der Waals surface area contributed by atoms with Crippen molar-refractivity contribution in [2.24, 2.45) is 0 Å². The Bertz CT molecular complexity index is 1920. The molecule has 0 radical (unpaired) electrons. The lowest BCUT2D eigenvalue weighted by molar-refractivity contribution is -0.0181. The molecule has 4 heterocycles. The summed E-state index contributed by atoms with van der Waals surface area (Å²) in [6.07, 6.45) is 14.4. The predicted octanol–water partition coefficient (Wildman–Crippen LogP) is 6.90. The van der Waals surface area contributed by atoms with Crippen LogP contribution in [0.2, 0.25) is 0 Å². The molecule has 3 aliphatic heterocycles. The van der Waals surface area contributed by atoms with Gasteiger partial charge in [0, 0.05) is 17.5 Å². The number of hydrogen-bond donors (Lipinski definition) is 1. The first-order valence-corrected chi connectivity index (χ1v) is 16.7. The van der Waals surface area contributed by atoms with Crippen LogP contribution in [0.4, 0.5) is 19.0 Å². The Labute approximate surface area is 272 Å². The number of rotatable bonds is 9. The van der Waals surface area contributed by atoms with E-state index in [-0.39, 0.29) is 56.1 Å². The van der Waals surface area contributed by atoms with Crippen molar-refractivity contribution < 1.29 is 22.6 Å². The van der Waals surface area contributed by atoms with Gasteiger partial charge in [-0.3, -0.25) is 9.80 Å². The first-order chi connectivity index (χ1) is 22.9.